The lowest BCUT2D eigenvalue weighted by Gasteiger charge is -2.20. The van der Waals surface area contributed by atoms with E-state index in [0.29, 0.717) is 16.5 Å². The van der Waals surface area contributed by atoms with Crippen LogP contribution in [0, 0.1) is 11.3 Å². The average Bonchev–Trinajstić information content (AvgIpc) is 2.62. The minimum atomic E-state index is -0.0873. The van der Waals surface area contributed by atoms with Crippen molar-refractivity contribution in [2.24, 2.45) is 0 Å². The van der Waals surface area contributed by atoms with Gasteiger partial charge in [0, 0.05) is 5.02 Å². The fraction of sp³-hybridized carbons (Fsp3) is 0.0556. The zero-order valence-electron chi connectivity index (χ0n) is 12.1. The minimum Gasteiger partial charge on any atom is -0.358 e. The first-order valence-corrected chi connectivity index (χ1v) is 7.45. The van der Waals surface area contributed by atoms with E-state index >= 15 is 0 Å². The van der Waals surface area contributed by atoms with Crippen LogP contribution in [0.5, 0.6) is 0 Å². The quantitative estimate of drug-likeness (QED) is 0.782. The molecule has 0 aliphatic rings. The molecule has 23 heavy (non-hydrogen) atoms. The van der Waals surface area contributed by atoms with Gasteiger partial charge in [-0.3, -0.25) is 0 Å². The zero-order chi connectivity index (χ0) is 16.1. The topological polar surface area (TPSA) is 61.6 Å². The van der Waals surface area contributed by atoms with Crippen LogP contribution in [0.2, 0.25) is 5.02 Å². The van der Waals surface area contributed by atoms with Gasteiger partial charge in [-0.1, -0.05) is 54.1 Å². The molecule has 112 valence electrons. The van der Waals surface area contributed by atoms with Crippen molar-refractivity contribution in [1.82, 2.24) is 10.2 Å². The fourth-order valence-electron chi connectivity index (χ4n) is 2.28. The van der Waals surface area contributed by atoms with Crippen LogP contribution in [-0.2, 0) is 0 Å². The Labute approximate surface area is 139 Å². The van der Waals surface area contributed by atoms with Gasteiger partial charge in [0.25, 0.3) is 0 Å². The van der Waals surface area contributed by atoms with Crippen molar-refractivity contribution in [3.05, 3.63) is 88.6 Å². The molecule has 1 N–H and O–H groups in total. The molecule has 0 aliphatic carbocycles. The third-order valence-corrected chi connectivity index (χ3v) is 3.66. The Morgan fingerprint density at radius 3 is 2.17 bits per heavy atom. The highest BCUT2D eigenvalue weighted by Crippen LogP contribution is 2.26. The zero-order valence-corrected chi connectivity index (χ0v) is 12.9. The van der Waals surface area contributed by atoms with E-state index in [4.69, 9.17) is 16.9 Å². The van der Waals surface area contributed by atoms with E-state index in [1.807, 2.05) is 60.7 Å². The molecular weight excluding hydrogens is 308 g/mol. The summed E-state index contributed by atoms with van der Waals surface area (Å²) in [4.78, 5) is 0. The molecule has 1 aromatic heterocycles. The summed E-state index contributed by atoms with van der Waals surface area (Å²) in [6.45, 7) is 0. The molecule has 0 amide bonds. The Kier molecular flexibility index (Phi) is 4.51. The van der Waals surface area contributed by atoms with E-state index in [1.54, 1.807) is 12.1 Å². The number of nitrogens with zero attached hydrogens (tertiary/aromatic N) is 3. The number of hydrogen-bond donors (Lipinski definition) is 1. The molecule has 0 spiro atoms. The van der Waals surface area contributed by atoms with Crippen molar-refractivity contribution in [3.63, 3.8) is 0 Å². The molecule has 0 aliphatic heterocycles. The molecule has 2 aromatic carbocycles. The van der Waals surface area contributed by atoms with E-state index in [2.05, 4.69) is 15.5 Å². The SMILES string of the molecule is N#Cc1ccc(NC(c2ccccc2)c2ccc(Cl)cc2)nn1. The summed E-state index contributed by atoms with van der Waals surface area (Å²) in [6.07, 6.45) is 0. The summed E-state index contributed by atoms with van der Waals surface area (Å²) in [5, 5.41) is 20.8. The van der Waals surface area contributed by atoms with E-state index in [1.165, 1.54) is 0 Å². The second-order valence-electron chi connectivity index (χ2n) is 4.96. The van der Waals surface area contributed by atoms with Crippen LogP contribution in [0.4, 0.5) is 5.82 Å². The monoisotopic (exact) mass is 320 g/mol. The fourth-order valence-corrected chi connectivity index (χ4v) is 2.40. The maximum atomic E-state index is 8.81. The van der Waals surface area contributed by atoms with Gasteiger partial charge in [-0.25, -0.2) is 0 Å². The largest absolute Gasteiger partial charge is 0.358 e. The number of hydrogen-bond acceptors (Lipinski definition) is 4. The number of halogens is 1. The molecule has 0 saturated heterocycles. The van der Waals surface area contributed by atoms with Crippen LogP contribution in [0.1, 0.15) is 22.9 Å². The second kappa shape index (κ2) is 6.91. The van der Waals surface area contributed by atoms with Crippen molar-refractivity contribution in [3.8, 4) is 6.07 Å². The van der Waals surface area contributed by atoms with Crippen molar-refractivity contribution < 1.29 is 0 Å². The van der Waals surface area contributed by atoms with Crippen LogP contribution in [0.15, 0.2) is 66.7 Å². The van der Waals surface area contributed by atoms with E-state index in [9.17, 15) is 0 Å². The highest BCUT2D eigenvalue weighted by molar-refractivity contribution is 6.30. The van der Waals surface area contributed by atoms with Gasteiger partial charge >= 0.3 is 0 Å². The van der Waals surface area contributed by atoms with Crippen LogP contribution >= 0.6 is 11.6 Å². The maximum absolute atomic E-state index is 8.81. The Hall–Kier alpha value is -2.90. The van der Waals surface area contributed by atoms with E-state index in [-0.39, 0.29) is 6.04 Å². The summed E-state index contributed by atoms with van der Waals surface area (Å²) in [6, 6.07) is 23.0. The number of nitrogens with one attached hydrogen (secondary N) is 1. The first-order valence-electron chi connectivity index (χ1n) is 7.07. The highest BCUT2D eigenvalue weighted by atomic mass is 35.5. The molecular formula is C18H13ClN4. The normalized spacial score (nSPS) is 11.5. The third-order valence-electron chi connectivity index (χ3n) is 3.41. The molecule has 0 radical (unpaired) electrons. The summed E-state index contributed by atoms with van der Waals surface area (Å²) < 4.78 is 0. The van der Waals surface area contributed by atoms with E-state index < -0.39 is 0 Å². The Morgan fingerprint density at radius 2 is 1.57 bits per heavy atom. The summed E-state index contributed by atoms with van der Waals surface area (Å²) in [5.74, 6) is 0.604. The first-order chi connectivity index (χ1) is 11.3. The molecule has 0 bridgehead atoms. The Balaban J connectivity index is 1.94. The smallest absolute Gasteiger partial charge is 0.163 e. The molecule has 1 atom stereocenters. The molecule has 1 unspecified atom stereocenters. The second-order valence-corrected chi connectivity index (χ2v) is 5.39. The van der Waals surface area contributed by atoms with Gasteiger partial charge in [0.15, 0.2) is 5.69 Å². The molecule has 4 nitrogen and oxygen atoms in total. The lowest BCUT2D eigenvalue weighted by atomic mass is 9.99. The highest BCUT2D eigenvalue weighted by Gasteiger charge is 2.14. The summed E-state index contributed by atoms with van der Waals surface area (Å²) in [7, 11) is 0. The van der Waals surface area contributed by atoms with E-state index in [0.717, 1.165) is 11.1 Å². The summed E-state index contributed by atoms with van der Waals surface area (Å²) in [5.41, 5.74) is 2.45. The van der Waals surface area contributed by atoms with Gasteiger partial charge in [0.2, 0.25) is 0 Å². The first kappa shape index (κ1) is 15.0. The van der Waals surface area contributed by atoms with Gasteiger partial charge in [0.05, 0.1) is 6.04 Å². The number of nitriles is 1. The number of anilines is 1. The predicted octanol–water partition coefficient (Wildman–Crippen LogP) is 4.20. The molecule has 0 fully saturated rings. The standard InChI is InChI=1S/C18H13ClN4/c19-15-8-6-14(7-9-15)18(13-4-2-1-3-5-13)21-17-11-10-16(12-20)22-23-17/h1-11,18H,(H,21,23). The predicted molar refractivity (Wildman–Crippen MR) is 90.1 cm³/mol. The Morgan fingerprint density at radius 1 is 0.870 bits per heavy atom. The van der Waals surface area contributed by atoms with Crippen molar-refractivity contribution in [1.29, 1.82) is 5.26 Å². The van der Waals surface area contributed by atoms with Gasteiger partial charge in [-0.15, -0.1) is 10.2 Å². The van der Waals surface area contributed by atoms with Gasteiger partial charge in [0.1, 0.15) is 11.9 Å². The lowest BCUT2D eigenvalue weighted by Crippen LogP contribution is -2.13. The van der Waals surface area contributed by atoms with Crippen molar-refractivity contribution in [2.45, 2.75) is 6.04 Å². The van der Waals surface area contributed by atoms with Crippen LogP contribution < -0.4 is 5.32 Å². The molecule has 0 saturated carbocycles. The molecule has 3 aromatic rings. The lowest BCUT2D eigenvalue weighted by molar-refractivity contribution is 0.901. The maximum Gasteiger partial charge on any atom is 0.163 e. The Bertz CT molecular complexity index is 808. The number of benzene rings is 2. The van der Waals surface area contributed by atoms with Crippen LogP contribution in [0.3, 0.4) is 0 Å². The average molecular weight is 321 g/mol. The summed E-state index contributed by atoms with van der Waals surface area (Å²) >= 11 is 5.98. The number of aromatic nitrogens is 2. The van der Waals surface area contributed by atoms with Gasteiger partial charge in [-0.05, 0) is 35.4 Å². The van der Waals surface area contributed by atoms with Crippen LogP contribution in [-0.4, -0.2) is 10.2 Å². The molecule has 1 heterocycles. The third kappa shape index (κ3) is 3.65. The van der Waals surface area contributed by atoms with Crippen molar-refractivity contribution >= 4 is 17.4 Å². The number of rotatable bonds is 4. The van der Waals surface area contributed by atoms with Gasteiger partial charge < -0.3 is 5.32 Å². The molecule has 3 rings (SSSR count). The van der Waals surface area contributed by atoms with Crippen molar-refractivity contribution in [2.75, 3.05) is 5.32 Å². The van der Waals surface area contributed by atoms with Gasteiger partial charge in [-0.2, -0.15) is 5.26 Å². The minimum absolute atomic E-state index is 0.0873. The van der Waals surface area contributed by atoms with Crippen LogP contribution in [0.25, 0.3) is 0 Å². The molecule has 5 heteroatoms.